The number of hydrogen-bond acceptors (Lipinski definition) is 2. The second-order valence-corrected chi connectivity index (χ2v) is 4.43. The summed E-state index contributed by atoms with van der Waals surface area (Å²) >= 11 is 0. The van der Waals surface area contributed by atoms with E-state index in [2.05, 4.69) is 0 Å². The fraction of sp³-hybridized carbons (Fsp3) is 0.200. The largest absolute Gasteiger partial charge is 0.489 e. The van der Waals surface area contributed by atoms with Gasteiger partial charge in [-0.25, -0.2) is 4.39 Å². The molecule has 6 heteroatoms. The van der Waals surface area contributed by atoms with Crippen LogP contribution in [0.25, 0.3) is 0 Å². The molecule has 2 aromatic carbocycles. The zero-order valence-electron chi connectivity index (χ0n) is 10.8. The average Bonchev–Trinajstić information content (AvgIpc) is 2.45. The second-order valence-electron chi connectivity index (χ2n) is 4.43. The molecule has 21 heavy (non-hydrogen) atoms. The van der Waals surface area contributed by atoms with Crippen molar-refractivity contribution < 1.29 is 27.4 Å². The number of aliphatic hydroxyl groups excluding tert-OH is 1. The first-order chi connectivity index (χ1) is 9.86. The van der Waals surface area contributed by atoms with Crippen LogP contribution >= 0.6 is 0 Å². The van der Waals surface area contributed by atoms with Gasteiger partial charge >= 0.3 is 6.18 Å². The van der Waals surface area contributed by atoms with Crippen molar-refractivity contribution in [3.63, 3.8) is 0 Å². The van der Waals surface area contributed by atoms with Crippen LogP contribution in [0.5, 0.6) is 5.75 Å². The molecule has 0 amide bonds. The third-order valence-electron chi connectivity index (χ3n) is 2.82. The fourth-order valence-corrected chi connectivity index (χ4v) is 1.68. The summed E-state index contributed by atoms with van der Waals surface area (Å²) in [7, 11) is 0. The number of ether oxygens (including phenoxy) is 1. The fourth-order valence-electron chi connectivity index (χ4n) is 1.68. The van der Waals surface area contributed by atoms with Gasteiger partial charge in [0.1, 0.15) is 18.2 Å². The Morgan fingerprint density at radius 3 is 2.05 bits per heavy atom. The molecule has 0 saturated heterocycles. The van der Waals surface area contributed by atoms with E-state index in [1.165, 1.54) is 24.3 Å². The molecule has 0 aliphatic carbocycles. The van der Waals surface area contributed by atoms with Gasteiger partial charge in [-0.05, 0) is 35.4 Å². The van der Waals surface area contributed by atoms with E-state index in [9.17, 15) is 17.6 Å². The van der Waals surface area contributed by atoms with Crippen LogP contribution in [0.2, 0.25) is 0 Å². The van der Waals surface area contributed by atoms with E-state index in [1.54, 1.807) is 12.1 Å². The van der Waals surface area contributed by atoms with Crippen molar-refractivity contribution >= 4 is 0 Å². The monoisotopic (exact) mass is 300 g/mol. The second kappa shape index (κ2) is 6.13. The molecule has 0 spiro atoms. The van der Waals surface area contributed by atoms with Gasteiger partial charge in [-0.15, -0.1) is 0 Å². The molecule has 2 aromatic rings. The van der Waals surface area contributed by atoms with Crippen LogP contribution in [0, 0.1) is 5.82 Å². The van der Waals surface area contributed by atoms with Gasteiger partial charge < -0.3 is 9.84 Å². The summed E-state index contributed by atoms with van der Waals surface area (Å²) in [5.74, 6) is 0.00157. The summed E-state index contributed by atoms with van der Waals surface area (Å²) in [6.07, 6.45) is -7.21. The van der Waals surface area contributed by atoms with Gasteiger partial charge in [-0.2, -0.15) is 13.2 Å². The highest BCUT2D eigenvalue weighted by Crippen LogP contribution is 2.33. The Hall–Kier alpha value is -2.08. The highest BCUT2D eigenvalue weighted by molar-refractivity contribution is 5.29. The molecule has 0 aromatic heterocycles. The van der Waals surface area contributed by atoms with Gasteiger partial charge in [-0.1, -0.05) is 24.3 Å². The lowest BCUT2D eigenvalue weighted by Gasteiger charge is -2.15. The molecule has 0 bridgehead atoms. The highest BCUT2D eigenvalue weighted by atomic mass is 19.4. The summed E-state index contributed by atoms with van der Waals surface area (Å²) in [6.45, 7) is 0.168. The van der Waals surface area contributed by atoms with Gasteiger partial charge in [0.15, 0.2) is 6.10 Å². The first-order valence-corrected chi connectivity index (χ1v) is 6.08. The molecule has 0 radical (unpaired) electrons. The van der Waals surface area contributed by atoms with Crippen molar-refractivity contribution in [1.29, 1.82) is 0 Å². The normalized spacial score (nSPS) is 13.0. The van der Waals surface area contributed by atoms with Crippen molar-refractivity contribution in [2.75, 3.05) is 0 Å². The number of aliphatic hydroxyl groups is 1. The minimum Gasteiger partial charge on any atom is -0.489 e. The van der Waals surface area contributed by atoms with Gasteiger partial charge in [0.25, 0.3) is 0 Å². The third kappa shape index (κ3) is 4.19. The van der Waals surface area contributed by atoms with E-state index >= 15 is 0 Å². The van der Waals surface area contributed by atoms with E-state index in [0.29, 0.717) is 5.75 Å². The van der Waals surface area contributed by atoms with Crippen molar-refractivity contribution in [1.82, 2.24) is 0 Å². The predicted molar refractivity (Wildman–Crippen MR) is 68.2 cm³/mol. The molecule has 0 fully saturated rings. The lowest BCUT2D eigenvalue weighted by Crippen LogP contribution is -2.19. The Bertz CT molecular complexity index is 576. The van der Waals surface area contributed by atoms with Crippen LogP contribution in [0.15, 0.2) is 48.5 Å². The van der Waals surface area contributed by atoms with Crippen LogP contribution in [-0.4, -0.2) is 11.3 Å². The van der Waals surface area contributed by atoms with Crippen LogP contribution in [0.3, 0.4) is 0 Å². The number of benzene rings is 2. The zero-order chi connectivity index (χ0) is 15.5. The maximum Gasteiger partial charge on any atom is 0.418 e. The van der Waals surface area contributed by atoms with Crippen molar-refractivity contribution in [3.8, 4) is 5.75 Å². The summed E-state index contributed by atoms with van der Waals surface area (Å²) in [6, 6.07) is 10.7. The minimum absolute atomic E-state index is 0.168. The number of halogens is 4. The van der Waals surface area contributed by atoms with E-state index in [0.717, 1.165) is 17.7 Å². The molecule has 1 N–H and O–H groups in total. The lowest BCUT2D eigenvalue weighted by molar-refractivity contribution is -0.206. The molecule has 1 atom stereocenters. The molecular weight excluding hydrogens is 288 g/mol. The molecule has 0 aliphatic rings. The SMILES string of the molecule is OC(c1ccc(OCc2ccc(F)cc2)cc1)C(F)(F)F. The van der Waals surface area contributed by atoms with Gasteiger partial charge in [0, 0.05) is 0 Å². The predicted octanol–water partition coefficient (Wildman–Crippen LogP) is 4.00. The summed E-state index contributed by atoms with van der Waals surface area (Å²) in [5, 5.41) is 9.08. The van der Waals surface area contributed by atoms with E-state index in [1.807, 2.05) is 0 Å². The quantitative estimate of drug-likeness (QED) is 0.865. The Kier molecular flexibility index (Phi) is 4.47. The number of hydrogen-bond donors (Lipinski definition) is 1. The van der Waals surface area contributed by atoms with Crippen molar-refractivity contribution in [2.45, 2.75) is 18.9 Å². The first-order valence-electron chi connectivity index (χ1n) is 6.08. The molecule has 0 aliphatic heterocycles. The third-order valence-corrected chi connectivity index (χ3v) is 2.82. The maximum absolute atomic E-state index is 12.7. The summed E-state index contributed by atoms with van der Waals surface area (Å²) in [4.78, 5) is 0. The molecule has 2 nitrogen and oxygen atoms in total. The van der Waals surface area contributed by atoms with Crippen molar-refractivity contribution in [3.05, 3.63) is 65.5 Å². The summed E-state index contributed by atoms with van der Waals surface area (Å²) in [5.41, 5.74) is 0.479. The Morgan fingerprint density at radius 2 is 1.52 bits per heavy atom. The molecule has 112 valence electrons. The molecule has 0 heterocycles. The Morgan fingerprint density at radius 1 is 0.952 bits per heavy atom. The van der Waals surface area contributed by atoms with Crippen LogP contribution in [0.1, 0.15) is 17.2 Å². The van der Waals surface area contributed by atoms with Crippen LogP contribution in [0.4, 0.5) is 17.6 Å². The first kappa shape index (κ1) is 15.3. The van der Waals surface area contributed by atoms with Crippen LogP contribution < -0.4 is 4.74 Å². The molecule has 0 saturated carbocycles. The summed E-state index contributed by atoms with van der Waals surface area (Å²) < 4.78 is 55.1. The number of rotatable bonds is 4. The van der Waals surface area contributed by atoms with E-state index < -0.39 is 12.3 Å². The molecule has 1 unspecified atom stereocenters. The van der Waals surface area contributed by atoms with Gasteiger partial charge in [-0.3, -0.25) is 0 Å². The minimum atomic E-state index is -4.70. The van der Waals surface area contributed by atoms with Gasteiger partial charge in [0.2, 0.25) is 0 Å². The van der Waals surface area contributed by atoms with Gasteiger partial charge in [0.05, 0.1) is 0 Å². The molecular formula is C15H12F4O2. The van der Waals surface area contributed by atoms with E-state index in [-0.39, 0.29) is 18.0 Å². The molecule has 2 rings (SSSR count). The zero-order valence-corrected chi connectivity index (χ0v) is 10.8. The van der Waals surface area contributed by atoms with Crippen molar-refractivity contribution in [2.24, 2.45) is 0 Å². The topological polar surface area (TPSA) is 29.5 Å². The standard InChI is InChI=1S/C15H12F4O2/c16-12-5-1-10(2-6-12)9-21-13-7-3-11(4-8-13)14(20)15(17,18)19/h1-8,14,20H,9H2. The average molecular weight is 300 g/mol. The highest BCUT2D eigenvalue weighted by Gasteiger charge is 2.39. The lowest BCUT2D eigenvalue weighted by atomic mass is 10.1. The maximum atomic E-state index is 12.7. The Balaban J connectivity index is 1.98. The Labute approximate surface area is 118 Å². The smallest absolute Gasteiger partial charge is 0.418 e. The van der Waals surface area contributed by atoms with E-state index in [4.69, 9.17) is 9.84 Å². The number of alkyl halides is 3. The van der Waals surface area contributed by atoms with Crippen LogP contribution in [-0.2, 0) is 6.61 Å².